The first-order valence-corrected chi connectivity index (χ1v) is 6.49. The molecule has 1 aliphatic heterocycles. The Hall–Kier alpha value is -1.53. The molecule has 96 valence electrons. The van der Waals surface area contributed by atoms with Gasteiger partial charge in [0.1, 0.15) is 0 Å². The van der Waals surface area contributed by atoms with Gasteiger partial charge in [0.15, 0.2) is 0 Å². The zero-order chi connectivity index (χ0) is 13.2. The van der Waals surface area contributed by atoms with Gasteiger partial charge in [-0.1, -0.05) is 13.8 Å². The second-order valence-corrected chi connectivity index (χ2v) is 5.70. The predicted molar refractivity (Wildman–Crippen MR) is 74.6 cm³/mol. The summed E-state index contributed by atoms with van der Waals surface area (Å²) in [5.74, 6) is 0. The third kappa shape index (κ3) is 2.49. The van der Waals surface area contributed by atoms with E-state index in [0.29, 0.717) is 6.04 Å². The molecular weight excluding hydrogens is 222 g/mol. The predicted octanol–water partition coefficient (Wildman–Crippen LogP) is 2.38. The van der Waals surface area contributed by atoms with Gasteiger partial charge in [0, 0.05) is 24.8 Å². The first-order chi connectivity index (χ1) is 8.56. The van der Waals surface area contributed by atoms with Crippen LogP contribution >= 0.6 is 0 Å². The van der Waals surface area contributed by atoms with Crippen LogP contribution in [0.5, 0.6) is 0 Å². The highest BCUT2D eigenvalue weighted by atomic mass is 15.2. The second kappa shape index (κ2) is 4.99. The summed E-state index contributed by atoms with van der Waals surface area (Å²) in [6.07, 6.45) is 1.16. The fraction of sp³-hybridized carbons (Fsp3) is 0.533. The molecule has 1 saturated heterocycles. The van der Waals surface area contributed by atoms with Crippen molar-refractivity contribution in [2.24, 2.45) is 5.41 Å². The number of hydrogen-bond donors (Lipinski definition) is 1. The normalized spacial score (nSPS) is 22.6. The molecule has 0 amide bonds. The second-order valence-electron chi connectivity index (χ2n) is 5.70. The summed E-state index contributed by atoms with van der Waals surface area (Å²) in [5.41, 5.74) is 2.21. The number of hydrogen-bond acceptors (Lipinski definition) is 3. The van der Waals surface area contributed by atoms with Gasteiger partial charge in [0.25, 0.3) is 0 Å². The molecule has 0 saturated carbocycles. The maximum absolute atomic E-state index is 8.82. The van der Waals surface area contributed by atoms with E-state index in [2.05, 4.69) is 30.1 Å². The minimum absolute atomic E-state index is 0.265. The minimum atomic E-state index is 0.265. The van der Waals surface area contributed by atoms with E-state index >= 15 is 0 Å². The molecule has 1 heterocycles. The SMILES string of the molecule is CNC1CCN(c2ccc(C#N)cc2)CC1(C)C. The molecule has 1 unspecified atom stereocenters. The molecule has 1 fully saturated rings. The lowest BCUT2D eigenvalue weighted by Gasteiger charge is -2.45. The van der Waals surface area contributed by atoms with Crippen LogP contribution < -0.4 is 10.2 Å². The molecule has 1 N–H and O–H groups in total. The zero-order valence-electron chi connectivity index (χ0n) is 11.4. The number of anilines is 1. The van der Waals surface area contributed by atoms with E-state index in [0.717, 1.165) is 25.1 Å². The Morgan fingerprint density at radius 1 is 1.33 bits per heavy atom. The molecule has 1 aromatic rings. The fourth-order valence-electron chi connectivity index (χ4n) is 2.86. The molecule has 0 aromatic heterocycles. The average molecular weight is 243 g/mol. The first kappa shape index (κ1) is 12.9. The molecule has 1 aliphatic rings. The van der Waals surface area contributed by atoms with Gasteiger partial charge in [-0.25, -0.2) is 0 Å². The number of nitrogens with one attached hydrogen (secondary N) is 1. The molecule has 0 radical (unpaired) electrons. The van der Waals surface area contributed by atoms with Gasteiger partial charge in [0.05, 0.1) is 11.6 Å². The lowest BCUT2D eigenvalue weighted by molar-refractivity contribution is 0.215. The highest BCUT2D eigenvalue weighted by Gasteiger charge is 2.34. The Morgan fingerprint density at radius 2 is 2.00 bits per heavy atom. The molecule has 0 spiro atoms. The van der Waals surface area contributed by atoms with Gasteiger partial charge in [-0.15, -0.1) is 0 Å². The number of nitriles is 1. The Morgan fingerprint density at radius 3 is 2.50 bits per heavy atom. The van der Waals surface area contributed by atoms with Crippen molar-refractivity contribution in [2.45, 2.75) is 26.3 Å². The van der Waals surface area contributed by atoms with Crippen molar-refractivity contribution in [1.29, 1.82) is 5.26 Å². The highest BCUT2D eigenvalue weighted by molar-refractivity contribution is 5.50. The van der Waals surface area contributed by atoms with Crippen molar-refractivity contribution >= 4 is 5.69 Å². The highest BCUT2D eigenvalue weighted by Crippen LogP contribution is 2.31. The molecule has 3 heteroatoms. The summed E-state index contributed by atoms with van der Waals surface area (Å²) >= 11 is 0. The van der Waals surface area contributed by atoms with E-state index in [9.17, 15) is 0 Å². The van der Waals surface area contributed by atoms with Crippen LogP contribution in [0.1, 0.15) is 25.8 Å². The van der Waals surface area contributed by atoms with Gasteiger partial charge in [-0.2, -0.15) is 5.26 Å². The van der Waals surface area contributed by atoms with Crippen LogP contribution in [-0.2, 0) is 0 Å². The van der Waals surface area contributed by atoms with Crippen LogP contribution in [-0.4, -0.2) is 26.2 Å². The number of piperidine rings is 1. The van der Waals surface area contributed by atoms with E-state index in [4.69, 9.17) is 5.26 Å². The van der Waals surface area contributed by atoms with Crippen LogP contribution in [0.25, 0.3) is 0 Å². The van der Waals surface area contributed by atoms with Crippen LogP contribution in [0.2, 0.25) is 0 Å². The van der Waals surface area contributed by atoms with Crippen LogP contribution in [0.3, 0.4) is 0 Å². The van der Waals surface area contributed by atoms with Gasteiger partial charge < -0.3 is 10.2 Å². The molecule has 18 heavy (non-hydrogen) atoms. The molecule has 2 rings (SSSR count). The molecule has 0 bridgehead atoms. The van der Waals surface area contributed by atoms with Gasteiger partial charge >= 0.3 is 0 Å². The molecule has 1 atom stereocenters. The Bertz CT molecular complexity index is 442. The van der Waals surface area contributed by atoms with Crippen LogP contribution in [0.15, 0.2) is 24.3 Å². The number of benzene rings is 1. The third-order valence-electron chi connectivity index (χ3n) is 3.94. The summed E-state index contributed by atoms with van der Waals surface area (Å²) in [6, 6.07) is 10.6. The first-order valence-electron chi connectivity index (χ1n) is 6.49. The number of nitrogens with zero attached hydrogens (tertiary/aromatic N) is 2. The topological polar surface area (TPSA) is 39.1 Å². The Balaban J connectivity index is 2.13. The minimum Gasteiger partial charge on any atom is -0.371 e. The van der Waals surface area contributed by atoms with E-state index in [1.165, 1.54) is 5.69 Å². The third-order valence-corrected chi connectivity index (χ3v) is 3.94. The smallest absolute Gasteiger partial charge is 0.0991 e. The summed E-state index contributed by atoms with van der Waals surface area (Å²) in [7, 11) is 2.05. The van der Waals surface area contributed by atoms with Crippen LogP contribution in [0.4, 0.5) is 5.69 Å². The quantitative estimate of drug-likeness (QED) is 0.867. The largest absolute Gasteiger partial charge is 0.371 e. The Kier molecular flexibility index (Phi) is 3.58. The number of rotatable bonds is 2. The molecule has 3 nitrogen and oxygen atoms in total. The lowest BCUT2D eigenvalue weighted by atomic mass is 9.79. The van der Waals surface area contributed by atoms with E-state index in [1.54, 1.807) is 0 Å². The van der Waals surface area contributed by atoms with Crippen LogP contribution in [0, 0.1) is 16.7 Å². The van der Waals surface area contributed by atoms with Gasteiger partial charge in [-0.3, -0.25) is 0 Å². The Labute approximate surface area is 109 Å². The average Bonchev–Trinajstić information content (AvgIpc) is 2.37. The standard InChI is InChI=1S/C15H21N3/c1-15(2)11-18(9-8-14(15)17-3)13-6-4-12(10-16)5-7-13/h4-7,14,17H,8-9,11H2,1-3H3. The van der Waals surface area contributed by atoms with Gasteiger partial charge in [-0.05, 0) is 43.1 Å². The summed E-state index contributed by atoms with van der Waals surface area (Å²) in [6.45, 7) is 6.74. The fourth-order valence-corrected chi connectivity index (χ4v) is 2.86. The summed E-state index contributed by atoms with van der Waals surface area (Å²) < 4.78 is 0. The van der Waals surface area contributed by atoms with Crippen molar-refractivity contribution in [3.05, 3.63) is 29.8 Å². The summed E-state index contributed by atoms with van der Waals surface area (Å²) in [5, 5.41) is 12.2. The van der Waals surface area contributed by atoms with E-state index in [-0.39, 0.29) is 5.41 Å². The van der Waals surface area contributed by atoms with Crippen molar-refractivity contribution in [3.63, 3.8) is 0 Å². The lowest BCUT2D eigenvalue weighted by Crippen LogP contribution is -2.53. The van der Waals surface area contributed by atoms with Gasteiger partial charge in [0.2, 0.25) is 0 Å². The monoisotopic (exact) mass is 243 g/mol. The van der Waals surface area contributed by atoms with Crippen molar-refractivity contribution in [3.8, 4) is 6.07 Å². The van der Waals surface area contributed by atoms with Crippen molar-refractivity contribution in [1.82, 2.24) is 5.32 Å². The molecular formula is C15H21N3. The molecule has 1 aromatic carbocycles. The van der Waals surface area contributed by atoms with Crippen molar-refractivity contribution < 1.29 is 0 Å². The maximum Gasteiger partial charge on any atom is 0.0991 e. The molecule has 0 aliphatic carbocycles. The summed E-state index contributed by atoms with van der Waals surface area (Å²) in [4.78, 5) is 2.41. The maximum atomic E-state index is 8.82. The van der Waals surface area contributed by atoms with E-state index in [1.807, 2.05) is 31.3 Å². The zero-order valence-corrected chi connectivity index (χ0v) is 11.4. The van der Waals surface area contributed by atoms with Crippen molar-refractivity contribution in [2.75, 3.05) is 25.0 Å². The van der Waals surface area contributed by atoms with E-state index < -0.39 is 0 Å².